The molecule has 0 aromatic heterocycles. The van der Waals surface area contributed by atoms with Crippen LogP contribution in [0.2, 0.25) is 0 Å². The molecule has 10 rings (SSSR count). The van der Waals surface area contributed by atoms with Gasteiger partial charge in [-0.05, 0) is 104 Å². The second-order valence-electron chi connectivity index (χ2n) is 19.5. The lowest BCUT2D eigenvalue weighted by Gasteiger charge is -2.30. The van der Waals surface area contributed by atoms with E-state index in [0.717, 1.165) is 66.2 Å². The molecule has 0 aliphatic heterocycles. The molecule has 0 saturated carbocycles. The van der Waals surface area contributed by atoms with Crippen molar-refractivity contribution in [3.05, 3.63) is 216 Å². The van der Waals surface area contributed by atoms with E-state index >= 15 is 0 Å². The van der Waals surface area contributed by atoms with Gasteiger partial charge in [-0.3, -0.25) is 0 Å². The summed E-state index contributed by atoms with van der Waals surface area (Å²) in [7, 11) is 0. The van der Waals surface area contributed by atoms with Crippen molar-refractivity contribution in [2.75, 3.05) is 9.80 Å². The molecule has 0 amide bonds. The Morgan fingerprint density at radius 2 is 0.700 bits per heavy atom. The Morgan fingerprint density at radius 1 is 0.357 bits per heavy atom. The smallest absolute Gasteiger partial charge is 0.198 e. The minimum atomic E-state index is -1.17. The summed E-state index contributed by atoms with van der Waals surface area (Å²) in [5, 5.41) is 5.75. The highest BCUT2D eigenvalue weighted by atomic mass is 19.2. The molecule has 0 unspecified atom stereocenters. The van der Waals surface area contributed by atoms with E-state index in [1.807, 2.05) is 36.4 Å². The van der Waals surface area contributed by atoms with Gasteiger partial charge < -0.3 is 19.3 Å². The Kier molecular flexibility index (Phi) is 11.5. The summed E-state index contributed by atoms with van der Waals surface area (Å²) in [6.45, 7) is 12.9. The first-order chi connectivity index (χ1) is 33.4. The van der Waals surface area contributed by atoms with Crippen LogP contribution in [0, 0.1) is 34.9 Å². The number of anilines is 6. The third kappa shape index (κ3) is 8.59. The van der Waals surface area contributed by atoms with Crippen LogP contribution in [0.3, 0.4) is 0 Å². The van der Waals surface area contributed by atoms with Crippen molar-refractivity contribution >= 4 is 66.4 Å². The first-order valence-corrected chi connectivity index (χ1v) is 22.8. The minimum Gasteiger partial charge on any atom is -0.451 e. The summed E-state index contributed by atoms with van der Waals surface area (Å²) in [5.74, 6) is -7.93. The van der Waals surface area contributed by atoms with Crippen molar-refractivity contribution in [2.24, 2.45) is 0 Å². The van der Waals surface area contributed by atoms with Crippen LogP contribution in [0.15, 0.2) is 170 Å². The highest BCUT2D eigenvalue weighted by Crippen LogP contribution is 2.49. The van der Waals surface area contributed by atoms with Crippen LogP contribution in [0.4, 0.5) is 60.5 Å². The lowest BCUT2D eigenvalue weighted by Crippen LogP contribution is -2.14. The van der Waals surface area contributed by atoms with Crippen molar-refractivity contribution < 1.29 is 35.8 Å². The number of halogens is 6. The van der Waals surface area contributed by atoms with Gasteiger partial charge in [0.15, 0.2) is 34.8 Å². The van der Waals surface area contributed by atoms with Crippen LogP contribution in [-0.2, 0) is 10.8 Å². The molecule has 4 nitrogen and oxygen atoms in total. The predicted octanol–water partition coefficient (Wildman–Crippen LogP) is 18.5. The molecule has 10 aromatic carbocycles. The molecule has 0 heterocycles. The second kappa shape index (κ2) is 17.5. The fourth-order valence-electron chi connectivity index (χ4n) is 9.10. The van der Waals surface area contributed by atoms with E-state index < -0.39 is 46.4 Å². The molecule has 350 valence electrons. The first-order valence-electron chi connectivity index (χ1n) is 22.8. The van der Waals surface area contributed by atoms with Gasteiger partial charge in [-0.15, -0.1) is 0 Å². The van der Waals surface area contributed by atoms with Crippen molar-refractivity contribution in [3.8, 4) is 23.0 Å². The van der Waals surface area contributed by atoms with E-state index in [9.17, 15) is 26.3 Å². The van der Waals surface area contributed by atoms with E-state index in [2.05, 4.69) is 124 Å². The fraction of sp³-hybridized carbons (Fsp3) is 0.133. The average Bonchev–Trinajstić information content (AvgIpc) is 3.31. The van der Waals surface area contributed by atoms with E-state index in [4.69, 9.17) is 9.47 Å². The molecule has 0 spiro atoms. The molecule has 0 bridgehead atoms. The van der Waals surface area contributed by atoms with Gasteiger partial charge in [0.1, 0.15) is 23.1 Å². The van der Waals surface area contributed by atoms with Crippen molar-refractivity contribution in [2.45, 2.75) is 52.4 Å². The molecule has 0 aliphatic rings. The minimum absolute atomic E-state index is 0.125. The zero-order valence-electron chi connectivity index (χ0n) is 39.1. The van der Waals surface area contributed by atoms with Crippen molar-refractivity contribution in [1.29, 1.82) is 0 Å². The third-order valence-corrected chi connectivity index (χ3v) is 12.6. The van der Waals surface area contributed by atoms with Gasteiger partial charge in [-0.1, -0.05) is 114 Å². The summed E-state index contributed by atoms with van der Waals surface area (Å²) in [6.07, 6.45) is 0. The number of ether oxygens (including phenoxy) is 2. The summed E-state index contributed by atoms with van der Waals surface area (Å²) < 4.78 is 98.9. The van der Waals surface area contributed by atoms with Gasteiger partial charge >= 0.3 is 0 Å². The average molecular weight is 941 g/mol. The van der Waals surface area contributed by atoms with Crippen LogP contribution >= 0.6 is 0 Å². The lowest BCUT2D eigenvalue weighted by atomic mass is 9.87. The summed E-state index contributed by atoms with van der Waals surface area (Å²) in [5.41, 5.74) is 6.52. The van der Waals surface area contributed by atoms with Gasteiger partial charge in [-0.25, -0.2) is 26.3 Å². The van der Waals surface area contributed by atoms with Gasteiger partial charge in [0.25, 0.3) is 0 Å². The molecule has 0 saturated heterocycles. The van der Waals surface area contributed by atoms with Crippen LogP contribution in [0.5, 0.6) is 23.0 Å². The number of hydrogen-bond acceptors (Lipinski definition) is 4. The first kappa shape index (κ1) is 45.8. The molecular weight excluding hydrogens is 895 g/mol. The number of nitrogens with zero attached hydrogens (tertiary/aromatic N) is 2. The third-order valence-electron chi connectivity index (χ3n) is 12.6. The quantitative estimate of drug-likeness (QED) is 0.101. The van der Waals surface area contributed by atoms with Gasteiger partial charge in [0, 0.05) is 69.9 Å². The topological polar surface area (TPSA) is 24.9 Å². The van der Waals surface area contributed by atoms with Crippen molar-refractivity contribution in [1.82, 2.24) is 0 Å². The fourth-order valence-corrected chi connectivity index (χ4v) is 9.10. The number of rotatable bonds is 10. The van der Waals surface area contributed by atoms with Crippen LogP contribution in [-0.4, -0.2) is 0 Å². The molecule has 10 aromatic rings. The molecule has 0 aliphatic carbocycles. The zero-order valence-corrected chi connectivity index (χ0v) is 39.1. The van der Waals surface area contributed by atoms with E-state index in [-0.39, 0.29) is 22.3 Å². The maximum absolute atomic E-state index is 14.9. The van der Waals surface area contributed by atoms with Gasteiger partial charge in [0.2, 0.25) is 0 Å². The molecule has 0 N–H and O–H groups in total. The molecule has 0 atom stereocenters. The normalized spacial score (nSPS) is 12.0. The Labute approximate surface area is 401 Å². The molecule has 70 heavy (non-hydrogen) atoms. The second-order valence-corrected chi connectivity index (χ2v) is 19.5. The molecule has 10 heteroatoms. The Morgan fingerprint density at radius 3 is 1.04 bits per heavy atom. The Balaban J connectivity index is 1.16. The maximum Gasteiger partial charge on any atom is 0.198 e. The van der Waals surface area contributed by atoms with Crippen LogP contribution in [0.1, 0.15) is 52.7 Å². The number of hydrogen-bond donors (Lipinski definition) is 0. The molecule has 0 radical (unpaired) electrons. The lowest BCUT2D eigenvalue weighted by molar-refractivity contribution is 0.401. The largest absolute Gasteiger partial charge is 0.451 e. The SMILES string of the molecule is CC(C)(C)c1ccc(N(c2cccc(Oc3c(F)cc(F)cc3F)c2)c2ccc3ccc4c(N(c5ccc(C(C)(C)C)cc5)c5cccc(Oc6c(F)cc(F)cc6F)c5)ccc5ccc2c3c54)cc1. The summed E-state index contributed by atoms with van der Waals surface area (Å²) in [6, 6.07) is 49.2. The predicted molar refractivity (Wildman–Crippen MR) is 270 cm³/mol. The van der Waals surface area contributed by atoms with E-state index in [0.29, 0.717) is 35.6 Å². The van der Waals surface area contributed by atoms with Gasteiger partial charge in [0.05, 0.1) is 11.4 Å². The number of benzene rings is 10. The Hall–Kier alpha value is -7.98. The highest BCUT2D eigenvalue weighted by molar-refractivity contribution is 6.28. The molecule has 0 fully saturated rings. The zero-order chi connectivity index (χ0) is 49.2. The van der Waals surface area contributed by atoms with Crippen LogP contribution in [0.25, 0.3) is 32.3 Å². The van der Waals surface area contributed by atoms with Crippen molar-refractivity contribution in [3.63, 3.8) is 0 Å². The standard InChI is InChI=1S/C60H46F6N2O2/c1-59(2,3)37-17-21-41(22-18-37)67(43-9-7-11-45(33-43)69-57-49(63)29-39(61)30-50(57)64)53-27-15-35-14-26-48-54(28-16-36-13-25-47(53)55(35)56(36)48)68(42-23-19-38(20-24-42)60(4,5)6)44-10-8-12-46(34-44)70-58-51(65)31-40(62)32-52(58)66/h7-34H,1-6H3. The summed E-state index contributed by atoms with van der Waals surface area (Å²) >= 11 is 0. The summed E-state index contributed by atoms with van der Waals surface area (Å²) in [4.78, 5) is 4.15. The van der Waals surface area contributed by atoms with E-state index in [1.54, 1.807) is 36.4 Å². The monoisotopic (exact) mass is 940 g/mol. The molecular formula is C60H46F6N2O2. The van der Waals surface area contributed by atoms with E-state index in [1.165, 1.54) is 0 Å². The highest BCUT2D eigenvalue weighted by Gasteiger charge is 2.25. The van der Waals surface area contributed by atoms with Gasteiger partial charge in [-0.2, -0.15) is 0 Å². The Bertz CT molecular complexity index is 3320. The maximum atomic E-state index is 14.9. The van der Waals surface area contributed by atoms with Crippen LogP contribution < -0.4 is 19.3 Å².